The first-order chi connectivity index (χ1) is 15.3. The highest BCUT2D eigenvalue weighted by atomic mass is 16.5. The van der Waals surface area contributed by atoms with Crippen LogP contribution in [0.3, 0.4) is 0 Å². The summed E-state index contributed by atoms with van der Waals surface area (Å²) in [6.45, 7) is 10.8. The SMILES string of the molecule is CCN(c1ccc(NC(=O)COC(=O)c2cc(C)n(-c3ccccc3)c2C)cc1)C(C)C. The normalized spacial score (nSPS) is 10.8. The molecule has 3 aromatic rings. The lowest BCUT2D eigenvalue weighted by Gasteiger charge is -2.27. The molecule has 0 aliphatic heterocycles. The van der Waals surface area contributed by atoms with Gasteiger partial charge in [-0.25, -0.2) is 4.79 Å². The number of nitrogens with one attached hydrogen (secondary N) is 1. The van der Waals surface area contributed by atoms with Crippen molar-refractivity contribution in [3.8, 4) is 5.69 Å². The first kappa shape index (κ1) is 23.1. The summed E-state index contributed by atoms with van der Waals surface area (Å²) in [6, 6.07) is 19.6. The number of benzene rings is 2. The number of hydrogen-bond donors (Lipinski definition) is 1. The Balaban J connectivity index is 1.60. The van der Waals surface area contributed by atoms with Gasteiger partial charge in [0.05, 0.1) is 5.56 Å². The number of carbonyl (C=O) groups is 2. The van der Waals surface area contributed by atoms with Gasteiger partial charge in [-0.1, -0.05) is 18.2 Å². The molecule has 6 nitrogen and oxygen atoms in total. The van der Waals surface area contributed by atoms with Crippen molar-refractivity contribution in [2.75, 3.05) is 23.4 Å². The Morgan fingerprint density at radius 2 is 1.69 bits per heavy atom. The molecule has 0 aliphatic rings. The maximum Gasteiger partial charge on any atom is 0.340 e. The van der Waals surface area contributed by atoms with E-state index in [2.05, 4.69) is 31.0 Å². The standard InChI is InChI=1S/C26H31N3O3/c1-6-28(18(2)3)22-14-12-21(13-15-22)27-25(30)17-32-26(31)24-16-19(4)29(20(24)5)23-10-8-7-9-11-23/h7-16,18H,6,17H2,1-5H3,(H,27,30). The number of anilines is 2. The molecule has 32 heavy (non-hydrogen) atoms. The van der Waals surface area contributed by atoms with Crippen molar-refractivity contribution in [2.45, 2.75) is 40.7 Å². The molecule has 6 heteroatoms. The Hall–Kier alpha value is -3.54. The van der Waals surface area contributed by atoms with E-state index in [1.165, 1.54) is 0 Å². The van der Waals surface area contributed by atoms with Gasteiger partial charge in [0, 0.05) is 41.0 Å². The quantitative estimate of drug-likeness (QED) is 0.501. The van der Waals surface area contributed by atoms with Crippen LogP contribution in [0.5, 0.6) is 0 Å². The van der Waals surface area contributed by atoms with Gasteiger partial charge in [0.25, 0.3) is 5.91 Å². The largest absolute Gasteiger partial charge is 0.452 e. The lowest BCUT2D eigenvalue weighted by molar-refractivity contribution is -0.119. The van der Waals surface area contributed by atoms with Gasteiger partial charge in [0.1, 0.15) is 0 Å². The highest BCUT2D eigenvalue weighted by Gasteiger charge is 2.19. The summed E-state index contributed by atoms with van der Waals surface area (Å²) >= 11 is 0. The van der Waals surface area contributed by atoms with Gasteiger partial charge < -0.3 is 19.5 Å². The van der Waals surface area contributed by atoms with Gasteiger partial charge in [0.2, 0.25) is 0 Å². The minimum Gasteiger partial charge on any atom is -0.452 e. The second-order valence-corrected chi connectivity index (χ2v) is 8.01. The van der Waals surface area contributed by atoms with E-state index < -0.39 is 5.97 Å². The Bertz CT molecular complexity index is 1070. The molecule has 2 aromatic carbocycles. The molecule has 0 radical (unpaired) electrons. The molecular weight excluding hydrogens is 402 g/mol. The molecule has 0 bridgehead atoms. The number of para-hydroxylation sites is 1. The van der Waals surface area contributed by atoms with E-state index in [1.807, 2.05) is 73.0 Å². The number of rotatable bonds is 8. The van der Waals surface area contributed by atoms with Crippen LogP contribution in [0.15, 0.2) is 60.7 Å². The third-order valence-corrected chi connectivity index (χ3v) is 5.45. The van der Waals surface area contributed by atoms with Crippen LogP contribution >= 0.6 is 0 Å². The Labute approximate surface area is 189 Å². The van der Waals surface area contributed by atoms with Crippen LogP contribution in [0.2, 0.25) is 0 Å². The smallest absolute Gasteiger partial charge is 0.340 e. The van der Waals surface area contributed by atoms with Crippen LogP contribution in [0, 0.1) is 13.8 Å². The topological polar surface area (TPSA) is 63.6 Å². The molecule has 0 aliphatic carbocycles. The lowest BCUT2D eigenvalue weighted by Crippen LogP contribution is -2.30. The fourth-order valence-corrected chi connectivity index (χ4v) is 3.93. The maximum atomic E-state index is 12.6. The monoisotopic (exact) mass is 433 g/mol. The summed E-state index contributed by atoms with van der Waals surface area (Å²) < 4.78 is 7.28. The molecule has 0 spiro atoms. The molecule has 0 atom stereocenters. The number of ether oxygens (including phenoxy) is 1. The molecule has 1 N–H and O–H groups in total. The van der Waals surface area contributed by atoms with Crippen LogP contribution in [0.4, 0.5) is 11.4 Å². The van der Waals surface area contributed by atoms with Crippen molar-refractivity contribution in [1.82, 2.24) is 4.57 Å². The molecule has 0 fully saturated rings. The predicted octanol–water partition coefficient (Wildman–Crippen LogP) is 5.12. The average Bonchev–Trinajstić information content (AvgIpc) is 3.08. The maximum absolute atomic E-state index is 12.6. The van der Waals surface area contributed by atoms with Crippen LogP contribution in [0.25, 0.3) is 5.69 Å². The van der Waals surface area contributed by atoms with Crippen molar-refractivity contribution in [3.63, 3.8) is 0 Å². The van der Waals surface area contributed by atoms with Crippen molar-refractivity contribution >= 4 is 23.3 Å². The van der Waals surface area contributed by atoms with Gasteiger partial charge in [-0.2, -0.15) is 0 Å². The van der Waals surface area contributed by atoms with Crippen LogP contribution in [-0.4, -0.2) is 35.6 Å². The minimum absolute atomic E-state index is 0.345. The summed E-state index contributed by atoms with van der Waals surface area (Å²) in [7, 11) is 0. The molecule has 1 amide bonds. The highest BCUT2D eigenvalue weighted by Crippen LogP contribution is 2.22. The van der Waals surface area contributed by atoms with Gasteiger partial charge in [0.15, 0.2) is 6.61 Å². The molecule has 1 aromatic heterocycles. The molecule has 168 valence electrons. The van der Waals surface area contributed by atoms with Crippen molar-refractivity contribution < 1.29 is 14.3 Å². The molecular formula is C26H31N3O3. The summed E-state index contributed by atoms with van der Waals surface area (Å²) in [4.78, 5) is 27.2. The molecule has 3 rings (SSSR count). The lowest BCUT2D eigenvalue weighted by atomic mass is 10.2. The first-order valence-corrected chi connectivity index (χ1v) is 10.9. The fraction of sp³-hybridized carbons (Fsp3) is 0.308. The molecule has 0 saturated carbocycles. The van der Waals surface area contributed by atoms with E-state index in [9.17, 15) is 9.59 Å². The van der Waals surface area contributed by atoms with Gasteiger partial charge in [-0.05, 0) is 77.1 Å². The van der Waals surface area contributed by atoms with Crippen LogP contribution in [-0.2, 0) is 9.53 Å². The number of aryl methyl sites for hydroxylation is 1. The number of carbonyl (C=O) groups excluding carboxylic acids is 2. The Kier molecular flexibility index (Phi) is 7.36. The van der Waals surface area contributed by atoms with E-state index >= 15 is 0 Å². The van der Waals surface area contributed by atoms with E-state index in [0.717, 1.165) is 29.3 Å². The highest BCUT2D eigenvalue weighted by molar-refractivity contribution is 5.96. The zero-order valence-electron chi connectivity index (χ0n) is 19.4. The zero-order chi connectivity index (χ0) is 23.3. The molecule has 0 unspecified atom stereocenters. The first-order valence-electron chi connectivity index (χ1n) is 10.9. The number of esters is 1. The molecule has 1 heterocycles. The van der Waals surface area contributed by atoms with Crippen molar-refractivity contribution in [2.24, 2.45) is 0 Å². The molecule has 0 saturated heterocycles. The van der Waals surface area contributed by atoms with Crippen molar-refractivity contribution in [1.29, 1.82) is 0 Å². The summed E-state index contributed by atoms with van der Waals surface area (Å²) in [5.74, 6) is -0.888. The fourth-order valence-electron chi connectivity index (χ4n) is 3.93. The predicted molar refractivity (Wildman–Crippen MR) is 129 cm³/mol. The summed E-state index contributed by atoms with van der Waals surface area (Å²) in [5, 5.41) is 2.78. The third kappa shape index (κ3) is 5.19. The minimum atomic E-state index is -0.513. The van der Waals surface area contributed by atoms with Gasteiger partial charge in [-0.3, -0.25) is 4.79 Å². The van der Waals surface area contributed by atoms with Crippen LogP contribution < -0.4 is 10.2 Å². The Morgan fingerprint density at radius 1 is 1.03 bits per heavy atom. The second kappa shape index (κ2) is 10.2. The zero-order valence-corrected chi connectivity index (χ0v) is 19.4. The van der Waals surface area contributed by atoms with Gasteiger partial charge in [-0.15, -0.1) is 0 Å². The van der Waals surface area contributed by atoms with E-state index in [-0.39, 0.29) is 12.5 Å². The average molecular weight is 434 g/mol. The number of aromatic nitrogens is 1. The third-order valence-electron chi connectivity index (χ3n) is 5.45. The van der Waals surface area contributed by atoms with Crippen LogP contribution in [0.1, 0.15) is 42.5 Å². The van der Waals surface area contributed by atoms with Gasteiger partial charge >= 0.3 is 5.97 Å². The number of nitrogens with zero attached hydrogens (tertiary/aromatic N) is 2. The van der Waals surface area contributed by atoms with E-state index in [0.29, 0.717) is 17.3 Å². The summed E-state index contributed by atoms with van der Waals surface area (Å²) in [5.41, 5.74) is 4.89. The summed E-state index contributed by atoms with van der Waals surface area (Å²) in [6.07, 6.45) is 0. The Morgan fingerprint density at radius 3 is 2.28 bits per heavy atom. The second-order valence-electron chi connectivity index (χ2n) is 8.01. The van der Waals surface area contributed by atoms with Crippen molar-refractivity contribution in [3.05, 3.63) is 77.6 Å². The van der Waals surface area contributed by atoms with E-state index in [1.54, 1.807) is 6.07 Å². The number of amides is 1. The van der Waals surface area contributed by atoms with E-state index in [4.69, 9.17) is 4.74 Å². The number of hydrogen-bond acceptors (Lipinski definition) is 4.